The number of nitrogens with two attached hydrogens (primary N) is 1. The van der Waals surface area contributed by atoms with E-state index < -0.39 is 12.8 Å². The average molecular weight is 229 g/mol. The molecule has 0 amide bonds. The molecule has 0 aromatic carbocycles. The van der Waals surface area contributed by atoms with Gasteiger partial charge in [0, 0.05) is 7.11 Å². The topological polar surface area (TPSA) is 68.9 Å². The van der Waals surface area contributed by atoms with Crippen molar-refractivity contribution in [3.63, 3.8) is 0 Å². The van der Waals surface area contributed by atoms with E-state index in [4.69, 9.17) is 10.6 Å². The molecule has 15 heavy (non-hydrogen) atoms. The fourth-order valence-corrected chi connectivity index (χ4v) is 0.668. The molecule has 0 saturated carbocycles. The molecule has 0 bridgehead atoms. The zero-order chi connectivity index (χ0) is 11.7. The molecule has 0 spiro atoms. The molecule has 0 atom stereocenters. The fourth-order valence-electron chi connectivity index (χ4n) is 0.668. The molecule has 90 valence electrons. The van der Waals surface area contributed by atoms with E-state index in [2.05, 4.69) is 15.2 Å². The third-order valence-corrected chi connectivity index (χ3v) is 1.27. The van der Waals surface area contributed by atoms with Crippen molar-refractivity contribution in [1.82, 2.24) is 5.43 Å². The van der Waals surface area contributed by atoms with Crippen molar-refractivity contribution in [2.24, 2.45) is 10.8 Å². The predicted octanol–water partition coefficient (Wildman–Crippen LogP) is 0.0735. The van der Waals surface area contributed by atoms with E-state index in [-0.39, 0.29) is 12.4 Å². The minimum Gasteiger partial charge on any atom is -0.383 e. The minimum atomic E-state index is -4.34. The predicted molar refractivity (Wildman–Crippen MR) is 48.4 cm³/mol. The first-order valence-corrected chi connectivity index (χ1v) is 4.13. The second kappa shape index (κ2) is 7.43. The maximum atomic E-state index is 11.7. The van der Waals surface area contributed by atoms with Crippen LogP contribution in [0.5, 0.6) is 0 Å². The third-order valence-electron chi connectivity index (χ3n) is 1.27. The summed E-state index contributed by atoms with van der Waals surface area (Å²) in [6, 6.07) is 0. The van der Waals surface area contributed by atoms with Gasteiger partial charge in [0.05, 0.1) is 13.2 Å². The highest BCUT2D eigenvalue weighted by molar-refractivity contribution is 5.82. The number of hydrazine groups is 1. The molecule has 0 radical (unpaired) electrons. The number of ether oxygens (including phenoxy) is 2. The summed E-state index contributed by atoms with van der Waals surface area (Å²) in [5.74, 6) is 5.17. The van der Waals surface area contributed by atoms with E-state index in [0.717, 1.165) is 0 Å². The van der Waals surface area contributed by atoms with Gasteiger partial charge in [0.2, 0.25) is 0 Å². The molecule has 0 aromatic rings. The second-order valence-corrected chi connectivity index (χ2v) is 2.57. The summed E-state index contributed by atoms with van der Waals surface area (Å²) >= 11 is 0. The molecule has 0 heterocycles. The molecule has 0 rings (SSSR count). The summed E-state index contributed by atoms with van der Waals surface area (Å²) in [7, 11) is 1.49. The Balaban J connectivity index is 3.75. The highest BCUT2D eigenvalue weighted by atomic mass is 19.4. The van der Waals surface area contributed by atoms with Gasteiger partial charge in [-0.25, -0.2) is 5.84 Å². The smallest absolute Gasteiger partial charge is 0.383 e. The Kier molecular flexibility index (Phi) is 7.01. The third kappa shape index (κ3) is 9.44. The Labute approximate surface area is 85.4 Å². The summed E-state index contributed by atoms with van der Waals surface area (Å²) in [5, 5.41) is 0. The Morgan fingerprint density at radius 2 is 2.13 bits per heavy atom. The van der Waals surface area contributed by atoms with Gasteiger partial charge < -0.3 is 14.9 Å². The number of halogens is 3. The Bertz CT molecular complexity index is 196. The van der Waals surface area contributed by atoms with Crippen molar-refractivity contribution in [2.75, 3.05) is 33.5 Å². The van der Waals surface area contributed by atoms with E-state index in [1.54, 1.807) is 0 Å². The van der Waals surface area contributed by atoms with E-state index in [9.17, 15) is 13.2 Å². The number of rotatable bonds is 6. The van der Waals surface area contributed by atoms with Crippen LogP contribution < -0.4 is 11.3 Å². The lowest BCUT2D eigenvalue weighted by atomic mass is 10.6. The van der Waals surface area contributed by atoms with Crippen molar-refractivity contribution in [3.8, 4) is 0 Å². The van der Waals surface area contributed by atoms with Gasteiger partial charge in [-0.05, 0) is 0 Å². The van der Waals surface area contributed by atoms with Gasteiger partial charge in [-0.2, -0.15) is 13.2 Å². The number of hydrogen-bond acceptors (Lipinski definition) is 4. The summed E-state index contributed by atoms with van der Waals surface area (Å²) in [6.45, 7) is -0.951. The molecule has 5 nitrogen and oxygen atoms in total. The van der Waals surface area contributed by atoms with Crippen LogP contribution in [-0.4, -0.2) is 45.5 Å². The first kappa shape index (κ1) is 14.1. The Morgan fingerprint density at radius 1 is 1.47 bits per heavy atom. The number of aliphatic imine (C=N–C) groups is 1. The number of amidine groups is 1. The fraction of sp³-hybridized carbons (Fsp3) is 0.857. The lowest BCUT2D eigenvalue weighted by Gasteiger charge is -2.09. The second-order valence-electron chi connectivity index (χ2n) is 2.57. The van der Waals surface area contributed by atoms with Crippen LogP contribution in [0, 0.1) is 0 Å². The number of methoxy groups -OCH3 is 1. The molecule has 0 saturated heterocycles. The molecule has 0 aliphatic carbocycles. The quantitative estimate of drug-likeness (QED) is 0.222. The first-order valence-electron chi connectivity index (χ1n) is 4.13. The van der Waals surface area contributed by atoms with Crippen LogP contribution >= 0.6 is 0 Å². The van der Waals surface area contributed by atoms with Crippen LogP contribution in [0.25, 0.3) is 0 Å². The molecular formula is C7H14F3N3O2. The van der Waals surface area contributed by atoms with Gasteiger partial charge in [0.25, 0.3) is 0 Å². The zero-order valence-electron chi connectivity index (χ0n) is 8.30. The van der Waals surface area contributed by atoms with Crippen molar-refractivity contribution in [1.29, 1.82) is 0 Å². The van der Waals surface area contributed by atoms with Crippen molar-refractivity contribution < 1.29 is 22.6 Å². The SMILES string of the molecule is COCCN=C(COCC(F)(F)F)NN. The molecular weight excluding hydrogens is 215 g/mol. The van der Waals surface area contributed by atoms with E-state index in [1.807, 2.05) is 0 Å². The van der Waals surface area contributed by atoms with E-state index in [0.29, 0.717) is 13.2 Å². The van der Waals surface area contributed by atoms with Gasteiger partial charge in [-0.15, -0.1) is 0 Å². The summed E-state index contributed by atoms with van der Waals surface area (Å²) in [4.78, 5) is 3.81. The summed E-state index contributed by atoms with van der Waals surface area (Å²) in [6.07, 6.45) is -4.34. The number of alkyl halides is 3. The Morgan fingerprint density at radius 3 is 2.60 bits per heavy atom. The van der Waals surface area contributed by atoms with Crippen LogP contribution in [0.4, 0.5) is 13.2 Å². The van der Waals surface area contributed by atoms with E-state index in [1.165, 1.54) is 7.11 Å². The summed E-state index contributed by atoms with van der Waals surface area (Å²) < 4.78 is 44.1. The van der Waals surface area contributed by atoms with Crippen LogP contribution in [0.3, 0.4) is 0 Å². The van der Waals surface area contributed by atoms with Gasteiger partial charge in [-0.1, -0.05) is 0 Å². The highest BCUT2D eigenvalue weighted by Crippen LogP contribution is 2.13. The van der Waals surface area contributed by atoms with E-state index >= 15 is 0 Å². The van der Waals surface area contributed by atoms with Crippen LogP contribution in [-0.2, 0) is 9.47 Å². The van der Waals surface area contributed by atoms with Gasteiger partial charge in [0.1, 0.15) is 19.0 Å². The normalized spacial score (nSPS) is 13.0. The molecule has 0 aromatic heterocycles. The number of nitrogens with zero attached hydrogens (tertiary/aromatic N) is 1. The van der Waals surface area contributed by atoms with Crippen molar-refractivity contribution in [2.45, 2.75) is 6.18 Å². The van der Waals surface area contributed by atoms with Crippen LogP contribution in [0.2, 0.25) is 0 Å². The van der Waals surface area contributed by atoms with Crippen LogP contribution in [0.1, 0.15) is 0 Å². The maximum Gasteiger partial charge on any atom is 0.411 e. The monoisotopic (exact) mass is 229 g/mol. The average Bonchev–Trinajstić information content (AvgIpc) is 2.14. The molecule has 3 N–H and O–H groups in total. The van der Waals surface area contributed by atoms with Crippen molar-refractivity contribution in [3.05, 3.63) is 0 Å². The molecule has 0 aliphatic heterocycles. The standard InChI is InChI=1S/C7H14F3N3O2/c1-14-3-2-12-6(13-11)4-15-5-7(8,9)10/h2-5,11H2,1H3,(H,12,13). The van der Waals surface area contributed by atoms with Crippen LogP contribution in [0.15, 0.2) is 4.99 Å². The largest absolute Gasteiger partial charge is 0.411 e. The number of hydrogen-bond donors (Lipinski definition) is 2. The lowest BCUT2D eigenvalue weighted by Crippen LogP contribution is -2.35. The molecule has 0 aliphatic rings. The molecule has 8 heteroatoms. The molecule has 0 unspecified atom stereocenters. The summed E-state index contributed by atoms with van der Waals surface area (Å²) in [5.41, 5.74) is 2.15. The lowest BCUT2D eigenvalue weighted by molar-refractivity contribution is -0.170. The highest BCUT2D eigenvalue weighted by Gasteiger charge is 2.27. The maximum absolute atomic E-state index is 11.7. The zero-order valence-corrected chi connectivity index (χ0v) is 8.30. The molecule has 0 fully saturated rings. The minimum absolute atomic E-state index is 0.149. The van der Waals surface area contributed by atoms with Gasteiger partial charge in [0.15, 0.2) is 0 Å². The number of nitrogens with one attached hydrogen (secondary N) is 1. The van der Waals surface area contributed by atoms with Gasteiger partial charge in [-0.3, -0.25) is 4.99 Å². The van der Waals surface area contributed by atoms with Crippen molar-refractivity contribution >= 4 is 5.84 Å². The first-order chi connectivity index (χ1) is 6.99. The Hall–Kier alpha value is -0.860. The van der Waals surface area contributed by atoms with Gasteiger partial charge >= 0.3 is 6.18 Å².